The maximum atomic E-state index is 13.2. The lowest BCUT2D eigenvalue weighted by atomic mass is 9.89. The summed E-state index contributed by atoms with van der Waals surface area (Å²) in [6.45, 7) is 9.28. The average Bonchev–Trinajstić information content (AvgIpc) is 3.37. The van der Waals surface area contributed by atoms with Gasteiger partial charge in [-0.15, -0.1) is 10.2 Å². The topological polar surface area (TPSA) is 101 Å². The number of nitrogens with zero attached hydrogens (tertiary/aromatic N) is 5. The van der Waals surface area contributed by atoms with Crippen LogP contribution in [0.25, 0.3) is 10.8 Å². The number of anilines is 1. The van der Waals surface area contributed by atoms with Crippen molar-refractivity contribution in [3.63, 3.8) is 0 Å². The Labute approximate surface area is 220 Å². The van der Waals surface area contributed by atoms with Gasteiger partial charge >= 0.3 is 0 Å². The molecule has 3 aromatic heterocycles. The molecule has 1 N–H and O–H groups in total. The highest BCUT2D eigenvalue weighted by molar-refractivity contribution is 7.15. The second-order valence-electron chi connectivity index (χ2n) is 10.5. The van der Waals surface area contributed by atoms with Crippen LogP contribution in [0.3, 0.4) is 0 Å². The lowest BCUT2D eigenvalue weighted by Gasteiger charge is -2.32. The van der Waals surface area contributed by atoms with E-state index in [1.54, 1.807) is 6.20 Å². The third-order valence-corrected chi connectivity index (χ3v) is 7.88. The molecule has 0 spiro atoms. The van der Waals surface area contributed by atoms with Crippen LogP contribution >= 0.6 is 11.3 Å². The molecule has 4 aromatic rings. The highest BCUT2D eigenvalue weighted by atomic mass is 32.1. The molecule has 1 aromatic carbocycles. The summed E-state index contributed by atoms with van der Waals surface area (Å²) < 4.78 is 0. The lowest BCUT2D eigenvalue weighted by molar-refractivity contribution is 0.0705. The number of carbonyl (C=O) groups is 2. The summed E-state index contributed by atoms with van der Waals surface area (Å²) in [6, 6.07) is 13.4. The van der Waals surface area contributed by atoms with Gasteiger partial charge in [-0.3, -0.25) is 24.9 Å². The Kier molecular flexibility index (Phi) is 6.72. The number of aryl methyl sites for hydroxylation is 1. The average molecular weight is 515 g/mol. The number of fused-ring (bicyclic) bond motifs is 1. The summed E-state index contributed by atoms with van der Waals surface area (Å²) in [7, 11) is 0. The number of carbonyl (C=O) groups excluding carboxylic acids is 2. The normalized spacial score (nSPS) is 14.6. The summed E-state index contributed by atoms with van der Waals surface area (Å²) in [5, 5.41) is 14.6. The number of piperidine rings is 1. The molecule has 190 valence electrons. The van der Waals surface area contributed by atoms with Gasteiger partial charge in [-0.1, -0.05) is 56.4 Å². The predicted molar refractivity (Wildman–Crippen MR) is 145 cm³/mol. The molecule has 1 saturated heterocycles. The van der Waals surface area contributed by atoms with Gasteiger partial charge in [0.1, 0.15) is 10.7 Å². The zero-order chi connectivity index (χ0) is 26.2. The first-order valence-electron chi connectivity index (χ1n) is 12.5. The zero-order valence-electron chi connectivity index (χ0n) is 21.5. The first kappa shape index (κ1) is 25.0. The van der Waals surface area contributed by atoms with E-state index in [2.05, 4.69) is 41.3 Å². The van der Waals surface area contributed by atoms with E-state index in [1.165, 1.54) is 11.3 Å². The van der Waals surface area contributed by atoms with Crippen molar-refractivity contribution in [3.8, 4) is 0 Å². The van der Waals surface area contributed by atoms with E-state index < -0.39 is 0 Å². The SMILES string of the molecule is Cc1ccc(C(=O)Nc2nnc(C(C)(C)C)s2)c(C2CCN(C(=O)c3cc4ccccc4cn3)CC2)n1. The molecule has 1 aliphatic heterocycles. The van der Waals surface area contributed by atoms with Gasteiger partial charge in [0, 0.05) is 41.7 Å². The Bertz CT molecular complexity index is 1470. The lowest BCUT2D eigenvalue weighted by Crippen LogP contribution is -2.38. The van der Waals surface area contributed by atoms with Crippen molar-refractivity contribution in [2.24, 2.45) is 0 Å². The summed E-state index contributed by atoms with van der Waals surface area (Å²) in [4.78, 5) is 37.4. The van der Waals surface area contributed by atoms with E-state index in [0.717, 1.165) is 40.0 Å². The van der Waals surface area contributed by atoms with Crippen molar-refractivity contribution in [1.82, 2.24) is 25.1 Å². The van der Waals surface area contributed by atoms with Crippen LogP contribution < -0.4 is 5.32 Å². The van der Waals surface area contributed by atoms with E-state index in [9.17, 15) is 9.59 Å². The van der Waals surface area contributed by atoms with Crippen LogP contribution in [0.5, 0.6) is 0 Å². The summed E-state index contributed by atoms with van der Waals surface area (Å²) in [6.07, 6.45) is 3.20. The van der Waals surface area contributed by atoms with Crippen molar-refractivity contribution in [2.75, 3.05) is 18.4 Å². The predicted octanol–water partition coefficient (Wildman–Crippen LogP) is 5.36. The van der Waals surface area contributed by atoms with Gasteiger partial charge < -0.3 is 4.90 Å². The molecule has 5 rings (SSSR count). The van der Waals surface area contributed by atoms with Crippen molar-refractivity contribution in [3.05, 3.63) is 76.3 Å². The summed E-state index contributed by atoms with van der Waals surface area (Å²) >= 11 is 1.38. The highest BCUT2D eigenvalue weighted by Crippen LogP contribution is 2.32. The second-order valence-corrected chi connectivity index (χ2v) is 11.5. The summed E-state index contributed by atoms with van der Waals surface area (Å²) in [5.41, 5.74) is 2.49. The second kappa shape index (κ2) is 9.97. The number of hydrogen-bond acceptors (Lipinski definition) is 7. The van der Waals surface area contributed by atoms with Crippen molar-refractivity contribution < 1.29 is 9.59 Å². The highest BCUT2D eigenvalue weighted by Gasteiger charge is 2.29. The Hall–Kier alpha value is -3.72. The fourth-order valence-corrected chi connectivity index (χ4v) is 5.34. The van der Waals surface area contributed by atoms with Crippen LogP contribution in [0.1, 0.15) is 76.8 Å². The van der Waals surface area contributed by atoms with Crippen LogP contribution in [0.15, 0.2) is 48.7 Å². The largest absolute Gasteiger partial charge is 0.337 e. The molecule has 1 aliphatic rings. The maximum Gasteiger partial charge on any atom is 0.272 e. The van der Waals surface area contributed by atoms with Crippen LogP contribution in [-0.4, -0.2) is 50.0 Å². The Morgan fingerprint density at radius 1 is 1.03 bits per heavy atom. The molecule has 8 nitrogen and oxygen atoms in total. The van der Waals surface area contributed by atoms with E-state index >= 15 is 0 Å². The van der Waals surface area contributed by atoms with E-state index in [4.69, 9.17) is 4.98 Å². The van der Waals surface area contributed by atoms with E-state index in [-0.39, 0.29) is 23.1 Å². The zero-order valence-corrected chi connectivity index (χ0v) is 22.3. The van der Waals surface area contributed by atoms with Crippen LogP contribution in [0, 0.1) is 6.92 Å². The molecule has 0 aliphatic carbocycles. The monoisotopic (exact) mass is 514 g/mol. The number of nitrogens with one attached hydrogen (secondary N) is 1. The standard InChI is InChI=1S/C28H30N6O2S/c1-17-9-10-21(24(35)31-27-33-32-26(37-27)28(2,3)4)23(30-17)18-11-13-34(14-12-18)25(36)22-15-19-7-5-6-8-20(19)16-29-22/h5-10,15-16,18H,11-14H2,1-4H3,(H,31,33,35). The third kappa shape index (κ3) is 5.36. The fourth-order valence-electron chi connectivity index (χ4n) is 4.54. The number of rotatable bonds is 4. The minimum atomic E-state index is -0.238. The number of pyridine rings is 2. The minimum absolute atomic E-state index is 0.0645. The Balaban J connectivity index is 1.29. The quantitative estimate of drug-likeness (QED) is 0.393. The number of hydrogen-bond donors (Lipinski definition) is 1. The van der Waals surface area contributed by atoms with Crippen molar-refractivity contribution >= 4 is 39.1 Å². The third-order valence-electron chi connectivity index (χ3n) is 6.61. The molecule has 4 heterocycles. The van der Waals surface area contributed by atoms with Crippen LogP contribution in [0.2, 0.25) is 0 Å². The summed E-state index contributed by atoms with van der Waals surface area (Å²) in [5.74, 6) is -0.225. The first-order chi connectivity index (χ1) is 17.7. The van der Waals surface area contributed by atoms with E-state index in [1.807, 2.05) is 54.3 Å². The number of likely N-dealkylation sites (tertiary alicyclic amines) is 1. The van der Waals surface area contributed by atoms with Gasteiger partial charge in [0.2, 0.25) is 5.13 Å². The van der Waals surface area contributed by atoms with Gasteiger partial charge in [-0.05, 0) is 43.4 Å². The van der Waals surface area contributed by atoms with Gasteiger partial charge in [0.25, 0.3) is 11.8 Å². The fraction of sp³-hybridized carbons (Fsp3) is 0.357. The maximum absolute atomic E-state index is 13.2. The van der Waals surface area contributed by atoms with Gasteiger partial charge in [0.05, 0.1) is 11.3 Å². The van der Waals surface area contributed by atoms with Crippen molar-refractivity contribution in [1.29, 1.82) is 0 Å². The Morgan fingerprint density at radius 3 is 2.46 bits per heavy atom. The first-order valence-corrected chi connectivity index (χ1v) is 13.3. The molecule has 37 heavy (non-hydrogen) atoms. The van der Waals surface area contributed by atoms with Gasteiger partial charge in [0.15, 0.2) is 0 Å². The molecule has 9 heteroatoms. The molecular formula is C28H30N6O2S. The molecule has 0 saturated carbocycles. The molecular weight excluding hydrogens is 484 g/mol. The van der Waals surface area contributed by atoms with E-state index in [0.29, 0.717) is 29.5 Å². The molecule has 0 bridgehead atoms. The number of aromatic nitrogens is 4. The number of benzene rings is 1. The van der Waals surface area contributed by atoms with Crippen LogP contribution in [0.4, 0.5) is 5.13 Å². The molecule has 2 amide bonds. The van der Waals surface area contributed by atoms with Gasteiger partial charge in [-0.2, -0.15) is 0 Å². The molecule has 0 radical (unpaired) electrons. The van der Waals surface area contributed by atoms with Crippen LogP contribution in [-0.2, 0) is 5.41 Å². The number of amides is 2. The Morgan fingerprint density at radius 2 is 1.76 bits per heavy atom. The van der Waals surface area contributed by atoms with Crippen molar-refractivity contribution in [2.45, 2.75) is 51.9 Å². The van der Waals surface area contributed by atoms with Gasteiger partial charge in [-0.25, -0.2) is 0 Å². The molecule has 0 atom stereocenters. The smallest absolute Gasteiger partial charge is 0.272 e. The molecule has 1 fully saturated rings. The minimum Gasteiger partial charge on any atom is -0.337 e. The molecule has 0 unspecified atom stereocenters.